The van der Waals surface area contributed by atoms with Crippen molar-refractivity contribution in [3.8, 4) is 0 Å². The molecule has 0 aliphatic rings. The lowest BCUT2D eigenvalue weighted by Crippen LogP contribution is -2.33. The van der Waals surface area contributed by atoms with Crippen molar-refractivity contribution in [1.29, 1.82) is 0 Å². The predicted octanol–water partition coefficient (Wildman–Crippen LogP) is 1.77. The highest BCUT2D eigenvalue weighted by molar-refractivity contribution is 5.81. The van der Waals surface area contributed by atoms with Crippen LogP contribution in [0.15, 0.2) is 0 Å². The Kier molecular flexibility index (Phi) is 4.78. The lowest BCUT2D eigenvalue weighted by molar-refractivity contribution is -0.166. The summed E-state index contributed by atoms with van der Waals surface area (Å²) in [4.78, 5) is 22.8. The van der Waals surface area contributed by atoms with E-state index in [0.29, 0.717) is 0 Å². The molecule has 0 heterocycles. The molecule has 0 saturated heterocycles. The maximum Gasteiger partial charge on any atom is 0.310 e. The van der Waals surface area contributed by atoms with Crippen molar-refractivity contribution in [2.45, 2.75) is 40.2 Å². The highest BCUT2D eigenvalue weighted by Gasteiger charge is 2.30. The quantitative estimate of drug-likeness (QED) is 0.675. The van der Waals surface area contributed by atoms with E-state index in [2.05, 4.69) is 4.74 Å². The van der Waals surface area contributed by atoms with Gasteiger partial charge in [0.25, 0.3) is 0 Å². The number of hydrogen-bond donors (Lipinski definition) is 0. The van der Waals surface area contributed by atoms with Crippen LogP contribution in [0, 0.1) is 11.8 Å². The highest BCUT2D eigenvalue weighted by Crippen LogP contribution is 2.18. The van der Waals surface area contributed by atoms with E-state index in [-0.39, 0.29) is 5.97 Å². The van der Waals surface area contributed by atoms with Gasteiger partial charge in [0.15, 0.2) is 0 Å². The summed E-state index contributed by atoms with van der Waals surface area (Å²) in [6.45, 7) is 8.69. The van der Waals surface area contributed by atoms with E-state index in [1.54, 1.807) is 34.6 Å². The van der Waals surface area contributed by atoms with Gasteiger partial charge in [-0.15, -0.1) is 0 Å². The normalized spacial score (nSPS) is 15.3. The molecule has 0 amide bonds. The average molecular weight is 216 g/mol. The second-order valence-corrected chi connectivity index (χ2v) is 4.63. The number of carbonyl (C=O) groups is 2. The van der Waals surface area contributed by atoms with Gasteiger partial charge in [-0.3, -0.25) is 9.59 Å². The van der Waals surface area contributed by atoms with Crippen LogP contribution in [0.2, 0.25) is 0 Å². The number of esters is 2. The van der Waals surface area contributed by atoms with Crippen molar-refractivity contribution in [1.82, 2.24) is 0 Å². The van der Waals surface area contributed by atoms with E-state index in [1.807, 2.05) is 0 Å². The summed E-state index contributed by atoms with van der Waals surface area (Å²) in [6, 6.07) is 0. The maximum atomic E-state index is 11.6. The molecule has 0 radical (unpaired) electrons. The molecule has 0 aromatic heterocycles. The molecular weight excluding hydrogens is 196 g/mol. The molecule has 0 saturated carbocycles. The van der Waals surface area contributed by atoms with Crippen LogP contribution in [0.4, 0.5) is 0 Å². The largest absolute Gasteiger partial charge is 0.469 e. The fourth-order valence-electron chi connectivity index (χ4n) is 0.989. The molecule has 0 bridgehead atoms. The first-order valence-corrected chi connectivity index (χ1v) is 4.99. The molecule has 0 aromatic carbocycles. The Morgan fingerprint density at radius 1 is 1.00 bits per heavy atom. The number of hydrogen-bond acceptors (Lipinski definition) is 4. The summed E-state index contributed by atoms with van der Waals surface area (Å²) >= 11 is 0. The van der Waals surface area contributed by atoms with Crippen molar-refractivity contribution >= 4 is 11.9 Å². The molecule has 0 aliphatic carbocycles. The first-order valence-electron chi connectivity index (χ1n) is 4.99. The van der Waals surface area contributed by atoms with E-state index in [1.165, 1.54) is 7.11 Å². The maximum absolute atomic E-state index is 11.6. The number of methoxy groups -OCH3 is 1. The Morgan fingerprint density at radius 2 is 1.40 bits per heavy atom. The highest BCUT2D eigenvalue weighted by atomic mass is 16.6. The summed E-state index contributed by atoms with van der Waals surface area (Å²) in [5.74, 6) is -1.74. The zero-order valence-electron chi connectivity index (χ0n) is 10.3. The van der Waals surface area contributed by atoms with Crippen molar-refractivity contribution in [3.63, 3.8) is 0 Å². The van der Waals surface area contributed by atoms with Crippen LogP contribution < -0.4 is 0 Å². The summed E-state index contributed by atoms with van der Waals surface area (Å²) in [5, 5.41) is 0. The topological polar surface area (TPSA) is 52.6 Å². The molecule has 0 rings (SSSR count). The van der Waals surface area contributed by atoms with Gasteiger partial charge in [-0.2, -0.15) is 0 Å². The van der Waals surface area contributed by atoms with E-state index in [9.17, 15) is 9.59 Å². The summed E-state index contributed by atoms with van der Waals surface area (Å²) in [7, 11) is 1.31. The molecule has 0 N–H and O–H groups in total. The van der Waals surface area contributed by atoms with Crippen LogP contribution in [0.3, 0.4) is 0 Å². The van der Waals surface area contributed by atoms with E-state index < -0.39 is 23.4 Å². The average Bonchev–Trinajstić information content (AvgIpc) is 2.11. The van der Waals surface area contributed by atoms with Gasteiger partial charge in [0.05, 0.1) is 18.9 Å². The van der Waals surface area contributed by atoms with Gasteiger partial charge in [-0.05, 0) is 20.8 Å². The molecule has 0 spiro atoms. The minimum Gasteiger partial charge on any atom is -0.469 e. The molecule has 4 nitrogen and oxygen atoms in total. The number of carbonyl (C=O) groups excluding carboxylic acids is 2. The summed E-state index contributed by atoms with van der Waals surface area (Å²) in [5.41, 5.74) is -0.527. The third-order valence-electron chi connectivity index (χ3n) is 2.10. The standard InChI is InChI=1S/C11H20O4/c1-7(9(12)14-6)8(2)10(13)15-11(3,4)5/h7-8H,1-6H3/t7?,8-/m0/s1. The SMILES string of the molecule is COC(=O)C(C)[C@H](C)C(=O)OC(C)(C)C. The van der Waals surface area contributed by atoms with Gasteiger partial charge in [0, 0.05) is 0 Å². The zero-order valence-corrected chi connectivity index (χ0v) is 10.3. The van der Waals surface area contributed by atoms with Crippen LogP contribution in [0.25, 0.3) is 0 Å². The first kappa shape index (κ1) is 13.9. The van der Waals surface area contributed by atoms with Crippen LogP contribution in [0.1, 0.15) is 34.6 Å². The third-order valence-corrected chi connectivity index (χ3v) is 2.10. The zero-order chi connectivity index (χ0) is 12.2. The summed E-state index contributed by atoms with van der Waals surface area (Å²) < 4.78 is 9.74. The molecule has 0 fully saturated rings. The van der Waals surface area contributed by atoms with E-state index in [4.69, 9.17) is 4.74 Å². The molecular formula is C11H20O4. The first-order chi connectivity index (χ1) is 6.69. The molecule has 2 atom stereocenters. The monoisotopic (exact) mass is 216 g/mol. The Hall–Kier alpha value is -1.06. The molecule has 4 heteroatoms. The fourth-order valence-corrected chi connectivity index (χ4v) is 0.989. The molecule has 0 aromatic rings. The van der Waals surface area contributed by atoms with Crippen molar-refractivity contribution in [3.05, 3.63) is 0 Å². The molecule has 15 heavy (non-hydrogen) atoms. The summed E-state index contributed by atoms with van der Waals surface area (Å²) in [6.07, 6.45) is 0. The molecule has 88 valence electrons. The van der Waals surface area contributed by atoms with E-state index >= 15 is 0 Å². The van der Waals surface area contributed by atoms with Crippen LogP contribution in [-0.2, 0) is 19.1 Å². The second kappa shape index (κ2) is 5.14. The second-order valence-electron chi connectivity index (χ2n) is 4.63. The Balaban J connectivity index is 4.39. The predicted molar refractivity (Wildman–Crippen MR) is 56.2 cm³/mol. The Bertz CT molecular complexity index is 239. The van der Waals surface area contributed by atoms with Crippen LogP contribution in [0.5, 0.6) is 0 Å². The fraction of sp³-hybridized carbons (Fsp3) is 0.818. The van der Waals surface area contributed by atoms with Crippen LogP contribution in [-0.4, -0.2) is 24.6 Å². The minimum atomic E-state index is -0.527. The van der Waals surface area contributed by atoms with Gasteiger partial charge >= 0.3 is 11.9 Å². The number of ether oxygens (including phenoxy) is 2. The Morgan fingerprint density at radius 3 is 1.73 bits per heavy atom. The van der Waals surface area contributed by atoms with Gasteiger partial charge < -0.3 is 9.47 Å². The van der Waals surface area contributed by atoms with Gasteiger partial charge in [0.1, 0.15) is 5.60 Å². The minimum absolute atomic E-state index is 0.375. The van der Waals surface area contributed by atoms with Crippen LogP contribution >= 0.6 is 0 Å². The molecule has 0 aliphatic heterocycles. The van der Waals surface area contributed by atoms with Crippen molar-refractivity contribution in [2.75, 3.05) is 7.11 Å². The van der Waals surface area contributed by atoms with Gasteiger partial charge in [-0.1, -0.05) is 13.8 Å². The van der Waals surface area contributed by atoms with Crippen molar-refractivity contribution in [2.24, 2.45) is 11.8 Å². The van der Waals surface area contributed by atoms with Gasteiger partial charge in [0.2, 0.25) is 0 Å². The lowest BCUT2D eigenvalue weighted by Gasteiger charge is -2.24. The van der Waals surface area contributed by atoms with Crippen molar-refractivity contribution < 1.29 is 19.1 Å². The lowest BCUT2D eigenvalue weighted by atomic mass is 9.96. The van der Waals surface area contributed by atoms with E-state index in [0.717, 1.165) is 0 Å². The molecule has 1 unspecified atom stereocenters. The third kappa shape index (κ3) is 4.81. The Labute approximate surface area is 90.9 Å². The number of rotatable bonds is 3. The van der Waals surface area contributed by atoms with Gasteiger partial charge in [-0.25, -0.2) is 0 Å². The smallest absolute Gasteiger partial charge is 0.310 e.